The lowest BCUT2D eigenvalue weighted by Crippen LogP contribution is -2.53. The number of rotatable bonds is 9. The molecule has 0 N–H and O–H groups in total. The van der Waals surface area contributed by atoms with Crippen molar-refractivity contribution in [3.8, 4) is 5.75 Å². The van der Waals surface area contributed by atoms with Gasteiger partial charge >= 0.3 is 6.03 Å². The lowest BCUT2D eigenvalue weighted by molar-refractivity contribution is -0.141. The van der Waals surface area contributed by atoms with E-state index in [1.165, 1.54) is 11.9 Å². The van der Waals surface area contributed by atoms with E-state index in [4.69, 9.17) is 4.74 Å². The summed E-state index contributed by atoms with van der Waals surface area (Å²) in [5.74, 6) is 0.0670. The van der Waals surface area contributed by atoms with Crippen molar-refractivity contribution >= 4 is 17.8 Å². The van der Waals surface area contributed by atoms with Gasteiger partial charge in [0.15, 0.2) is 0 Å². The van der Waals surface area contributed by atoms with E-state index in [0.29, 0.717) is 13.2 Å². The van der Waals surface area contributed by atoms with Crippen LogP contribution in [-0.2, 0) is 9.59 Å². The molecule has 1 fully saturated rings. The highest BCUT2D eigenvalue weighted by Gasteiger charge is 2.34. The molecule has 130 valence electrons. The number of unbranched alkanes of at least 4 members (excludes halogenated alkanes) is 4. The van der Waals surface area contributed by atoms with Crippen LogP contribution in [0.25, 0.3) is 0 Å². The largest absolute Gasteiger partial charge is 0.494 e. The number of benzene rings is 1. The lowest BCUT2D eigenvalue weighted by Gasteiger charge is -2.30. The average molecular weight is 332 g/mol. The molecule has 6 heteroatoms. The van der Waals surface area contributed by atoms with E-state index in [-0.39, 0.29) is 12.3 Å². The summed E-state index contributed by atoms with van der Waals surface area (Å²) in [4.78, 5) is 37.2. The molecule has 0 spiro atoms. The SMILES string of the molecule is CN1C(=O)CC(=O)N(CCCCCCCOc2ccccc2)C1=O. The fourth-order valence-electron chi connectivity index (χ4n) is 2.57. The van der Waals surface area contributed by atoms with Gasteiger partial charge in [0.25, 0.3) is 0 Å². The van der Waals surface area contributed by atoms with Crippen LogP contribution in [-0.4, -0.2) is 47.8 Å². The number of hydrogen-bond acceptors (Lipinski definition) is 4. The third kappa shape index (κ3) is 5.08. The molecule has 1 saturated heterocycles. The van der Waals surface area contributed by atoms with Gasteiger partial charge in [-0.3, -0.25) is 19.4 Å². The minimum atomic E-state index is -0.507. The van der Waals surface area contributed by atoms with Gasteiger partial charge in [0.2, 0.25) is 11.8 Å². The summed E-state index contributed by atoms with van der Waals surface area (Å²) in [6.45, 7) is 1.08. The molecule has 24 heavy (non-hydrogen) atoms. The molecule has 1 aromatic rings. The predicted octanol–water partition coefficient (Wildman–Crippen LogP) is 2.83. The number of para-hydroxylation sites is 1. The Balaban J connectivity index is 1.54. The van der Waals surface area contributed by atoms with E-state index in [1.54, 1.807) is 0 Å². The Labute approximate surface area is 142 Å². The van der Waals surface area contributed by atoms with Crippen molar-refractivity contribution in [1.82, 2.24) is 9.80 Å². The van der Waals surface area contributed by atoms with Crippen molar-refractivity contribution in [2.45, 2.75) is 38.5 Å². The van der Waals surface area contributed by atoms with Crippen molar-refractivity contribution in [3.05, 3.63) is 30.3 Å². The van der Waals surface area contributed by atoms with Gasteiger partial charge in [-0.25, -0.2) is 4.79 Å². The first-order valence-corrected chi connectivity index (χ1v) is 8.38. The van der Waals surface area contributed by atoms with Gasteiger partial charge in [-0.15, -0.1) is 0 Å². The average Bonchev–Trinajstić information content (AvgIpc) is 2.58. The molecule has 0 bridgehead atoms. The van der Waals surface area contributed by atoms with Crippen molar-refractivity contribution < 1.29 is 19.1 Å². The maximum absolute atomic E-state index is 11.9. The molecule has 0 saturated carbocycles. The first kappa shape index (κ1) is 18.0. The lowest BCUT2D eigenvalue weighted by atomic mass is 10.1. The Bertz CT molecular complexity index is 574. The van der Waals surface area contributed by atoms with Crippen LogP contribution in [0.4, 0.5) is 4.79 Å². The highest BCUT2D eigenvalue weighted by Crippen LogP contribution is 2.13. The molecule has 1 heterocycles. The fourth-order valence-corrected chi connectivity index (χ4v) is 2.57. The fraction of sp³-hybridized carbons (Fsp3) is 0.500. The zero-order valence-electron chi connectivity index (χ0n) is 14.1. The molecule has 4 amide bonds. The first-order chi connectivity index (χ1) is 11.6. The topological polar surface area (TPSA) is 66.9 Å². The molecule has 0 atom stereocenters. The number of imide groups is 2. The molecule has 2 rings (SSSR count). The second-order valence-corrected chi connectivity index (χ2v) is 5.89. The van der Waals surface area contributed by atoms with Crippen LogP contribution in [0, 0.1) is 0 Å². The smallest absolute Gasteiger partial charge is 0.333 e. The quantitative estimate of drug-likeness (QED) is 0.515. The second kappa shape index (κ2) is 9.05. The van der Waals surface area contributed by atoms with Gasteiger partial charge < -0.3 is 4.74 Å². The molecule has 0 aliphatic carbocycles. The minimum absolute atomic E-state index is 0.209. The Morgan fingerprint density at radius 2 is 1.58 bits per heavy atom. The van der Waals surface area contributed by atoms with Crippen molar-refractivity contribution in [1.29, 1.82) is 0 Å². The summed E-state index contributed by atoms with van der Waals surface area (Å²) in [6.07, 6.45) is 4.56. The van der Waals surface area contributed by atoms with Crippen molar-refractivity contribution in [2.24, 2.45) is 0 Å². The number of carbonyl (C=O) groups excluding carboxylic acids is 3. The van der Waals surface area contributed by atoms with Crippen molar-refractivity contribution in [3.63, 3.8) is 0 Å². The van der Waals surface area contributed by atoms with Crippen LogP contribution in [0.5, 0.6) is 5.75 Å². The van der Waals surface area contributed by atoms with Gasteiger partial charge in [-0.1, -0.05) is 37.5 Å². The van der Waals surface area contributed by atoms with Crippen LogP contribution in [0.1, 0.15) is 38.5 Å². The van der Waals surface area contributed by atoms with Gasteiger partial charge in [-0.05, 0) is 25.0 Å². The predicted molar refractivity (Wildman–Crippen MR) is 89.5 cm³/mol. The van der Waals surface area contributed by atoms with E-state index >= 15 is 0 Å². The summed E-state index contributed by atoms with van der Waals surface area (Å²) >= 11 is 0. The maximum atomic E-state index is 11.9. The first-order valence-electron chi connectivity index (χ1n) is 8.38. The summed E-state index contributed by atoms with van der Waals surface area (Å²) in [6, 6.07) is 9.22. The van der Waals surface area contributed by atoms with Gasteiger partial charge in [-0.2, -0.15) is 0 Å². The summed E-state index contributed by atoms with van der Waals surface area (Å²) < 4.78 is 5.62. The van der Waals surface area contributed by atoms with Gasteiger partial charge in [0.05, 0.1) is 6.61 Å². The molecular weight excluding hydrogens is 308 g/mol. The molecule has 1 aliphatic rings. The monoisotopic (exact) mass is 332 g/mol. The van der Waals surface area contributed by atoms with E-state index in [9.17, 15) is 14.4 Å². The van der Waals surface area contributed by atoms with Crippen LogP contribution in [0.3, 0.4) is 0 Å². The van der Waals surface area contributed by atoms with Crippen LogP contribution < -0.4 is 4.74 Å². The molecule has 0 unspecified atom stereocenters. The van der Waals surface area contributed by atoms with E-state index in [1.807, 2.05) is 30.3 Å². The van der Waals surface area contributed by atoms with E-state index in [0.717, 1.165) is 42.8 Å². The number of amides is 4. The Hall–Kier alpha value is -2.37. The summed E-state index contributed by atoms with van der Waals surface area (Å²) in [7, 11) is 1.41. The zero-order chi connectivity index (χ0) is 17.4. The standard InChI is InChI=1S/C18H24N2O4/c1-19-16(21)14-17(22)20(18(19)23)12-8-3-2-4-9-13-24-15-10-6-5-7-11-15/h5-7,10-11H,2-4,8-9,12-14H2,1H3. The normalized spacial score (nSPS) is 15.1. The number of ether oxygens (including phenoxy) is 1. The Morgan fingerprint density at radius 1 is 0.917 bits per heavy atom. The van der Waals surface area contributed by atoms with Gasteiger partial charge in [0, 0.05) is 13.6 Å². The molecule has 1 aromatic carbocycles. The molecule has 0 aromatic heterocycles. The van der Waals surface area contributed by atoms with Crippen LogP contribution >= 0.6 is 0 Å². The highest BCUT2D eigenvalue weighted by molar-refractivity contribution is 6.13. The molecular formula is C18H24N2O4. The minimum Gasteiger partial charge on any atom is -0.494 e. The number of carbonyl (C=O) groups is 3. The van der Waals surface area contributed by atoms with E-state index < -0.39 is 11.9 Å². The van der Waals surface area contributed by atoms with Gasteiger partial charge in [0.1, 0.15) is 12.2 Å². The zero-order valence-corrected chi connectivity index (χ0v) is 14.1. The molecule has 1 aliphatic heterocycles. The number of hydrogen-bond donors (Lipinski definition) is 0. The third-order valence-corrected chi connectivity index (χ3v) is 4.03. The van der Waals surface area contributed by atoms with E-state index in [2.05, 4.69) is 0 Å². The van der Waals surface area contributed by atoms with Crippen LogP contribution in [0.15, 0.2) is 30.3 Å². The summed E-state index contributed by atoms with van der Waals surface area (Å²) in [5, 5.41) is 0. The number of nitrogens with zero attached hydrogens (tertiary/aromatic N) is 2. The van der Waals surface area contributed by atoms with Crippen molar-refractivity contribution in [2.75, 3.05) is 20.2 Å². The maximum Gasteiger partial charge on any atom is 0.333 e. The molecule has 6 nitrogen and oxygen atoms in total. The molecule has 0 radical (unpaired) electrons. The highest BCUT2D eigenvalue weighted by atomic mass is 16.5. The Morgan fingerprint density at radius 3 is 2.33 bits per heavy atom. The third-order valence-electron chi connectivity index (χ3n) is 4.03. The van der Waals surface area contributed by atoms with Crippen LogP contribution in [0.2, 0.25) is 0 Å². The Kier molecular flexibility index (Phi) is 6.78. The summed E-state index contributed by atoms with van der Waals surface area (Å²) in [5.41, 5.74) is 0. The second-order valence-electron chi connectivity index (χ2n) is 5.89. The number of urea groups is 1. The number of barbiturate groups is 1.